The molecule has 0 spiro atoms. The normalized spacial score (nSPS) is 10.9. The first-order valence-electron chi connectivity index (χ1n) is 7.81. The molecule has 0 aliphatic heterocycles. The summed E-state index contributed by atoms with van der Waals surface area (Å²) in [5.41, 5.74) is 4.35. The summed E-state index contributed by atoms with van der Waals surface area (Å²) < 4.78 is 2.18. The van der Waals surface area contributed by atoms with E-state index in [1.54, 1.807) is 12.4 Å². The Morgan fingerprint density at radius 1 is 1.00 bits per heavy atom. The average molecular weight is 307 g/mol. The second-order valence-electron chi connectivity index (χ2n) is 5.48. The van der Waals surface area contributed by atoms with Crippen LogP contribution in [0.15, 0.2) is 48.9 Å². The van der Waals surface area contributed by atoms with Gasteiger partial charge in [-0.1, -0.05) is 18.2 Å². The van der Waals surface area contributed by atoms with E-state index in [0.29, 0.717) is 0 Å². The number of nitrogens with one attached hydrogen (secondary N) is 1. The van der Waals surface area contributed by atoms with E-state index in [1.807, 2.05) is 38.2 Å². The van der Waals surface area contributed by atoms with Crippen LogP contribution in [0.25, 0.3) is 5.69 Å². The van der Waals surface area contributed by atoms with Crippen LogP contribution in [0.2, 0.25) is 0 Å². The minimum atomic E-state index is 0.773. The maximum absolute atomic E-state index is 4.44. The Balaban J connectivity index is 1.62. The third-order valence-electron chi connectivity index (χ3n) is 3.85. The fraction of sp³-hybridized carbons (Fsp3) is 0.278. The van der Waals surface area contributed by atoms with Gasteiger partial charge in [0.2, 0.25) is 0 Å². The van der Waals surface area contributed by atoms with Crippen LogP contribution in [0.5, 0.6) is 0 Å². The maximum atomic E-state index is 4.44. The number of nitrogens with zero attached hydrogens (tertiary/aromatic N) is 4. The first kappa shape index (κ1) is 15.4. The maximum Gasteiger partial charge on any atom is 0.110 e. The van der Waals surface area contributed by atoms with Crippen molar-refractivity contribution in [2.45, 2.75) is 26.8 Å². The van der Waals surface area contributed by atoms with Crippen LogP contribution in [0.4, 0.5) is 0 Å². The molecule has 0 fully saturated rings. The van der Waals surface area contributed by atoms with Crippen molar-refractivity contribution in [3.8, 4) is 5.69 Å². The molecule has 0 aliphatic rings. The molecule has 2 heterocycles. The minimum absolute atomic E-state index is 0.773. The summed E-state index contributed by atoms with van der Waals surface area (Å²) >= 11 is 0. The van der Waals surface area contributed by atoms with Crippen molar-refractivity contribution in [1.82, 2.24) is 24.8 Å². The Labute approximate surface area is 136 Å². The first-order valence-corrected chi connectivity index (χ1v) is 7.81. The molecule has 3 aromatic rings. The highest BCUT2D eigenvalue weighted by Crippen LogP contribution is 2.14. The summed E-state index contributed by atoms with van der Waals surface area (Å²) in [6.45, 7) is 5.66. The van der Waals surface area contributed by atoms with E-state index < -0.39 is 0 Å². The SMILES string of the molecule is Cc1nccnc1CCNCc1cnc(C)n1-c1ccccc1. The van der Waals surface area contributed by atoms with Crippen LogP contribution in [0, 0.1) is 13.8 Å². The number of hydrogen-bond donors (Lipinski definition) is 1. The molecule has 2 aromatic heterocycles. The largest absolute Gasteiger partial charge is 0.311 e. The van der Waals surface area contributed by atoms with Gasteiger partial charge in [0.25, 0.3) is 0 Å². The zero-order chi connectivity index (χ0) is 16.1. The predicted molar refractivity (Wildman–Crippen MR) is 90.5 cm³/mol. The molecule has 0 radical (unpaired) electrons. The number of hydrogen-bond acceptors (Lipinski definition) is 4. The molecule has 5 nitrogen and oxygen atoms in total. The van der Waals surface area contributed by atoms with Crippen molar-refractivity contribution >= 4 is 0 Å². The standard InChI is InChI=1S/C18H21N5/c1-14-18(21-11-10-20-14)8-9-19-12-17-13-22-15(2)23(17)16-6-4-3-5-7-16/h3-7,10-11,13,19H,8-9,12H2,1-2H3. The summed E-state index contributed by atoms with van der Waals surface area (Å²) in [6.07, 6.45) is 6.28. The molecule has 1 N–H and O–H groups in total. The van der Waals surface area contributed by atoms with Crippen LogP contribution in [-0.2, 0) is 13.0 Å². The molecule has 1 aromatic carbocycles. The molecule has 0 bridgehead atoms. The van der Waals surface area contributed by atoms with Crippen molar-refractivity contribution in [2.24, 2.45) is 0 Å². The molecule has 118 valence electrons. The number of rotatable bonds is 6. The number of para-hydroxylation sites is 1. The van der Waals surface area contributed by atoms with Crippen LogP contribution in [0.3, 0.4) is 0 Å². The van der Waals surface area contributed by atoms with Gasteiger partial charge in [0.15, 0.2) is 0 Å². The number of aryl methyl sites for hydroxylation is 2. The van der Waals surface area contributed by atoms with Crippen molar-refractivity contribution in [1.29, 1.82) is 0 Å². The molecule has 23 heavy (non-hydrogen) atoms. The monoisotopic (exact) mass is 307 g/mol. The smallest absolute Gasteiger partial charge is 0.110 e. The molecular weight excluding hydrogens is 286 g/mol. The second-order valence-corrected chi connectivity index (χ2v) is 5.48. The zero-order valence-corrected chi connectivity index (χ0v) is 13.5. The first-order chi connectivity index (χ1) is 11.3. The number of imidazole rings is 1. The molecule has 0 saturated carbocycles. The fourth-order valence-electron chi connectivity index (χ4n) is 2.65. The lowest BCUT2D eigenvalue weighted by molar-refractivity contribution is 0.655. The van der Waals surface area contributed by atoms with E-state index in [1.165, 1.54) is 0 Å². The summed E-state index contributed by atoms with van der Waals surface area (Å²) in [5, 5.41) is 3.47. The third kappa shape index (κ3) is 3.63. The molecular formula is C18H21N5. The number of benzene rings is 1. The highest BCUT2D eigenvalue weighted by atomic mass is 15.1. The Bertz CT molecular complexity index is 764. The predicted octanol–water partition coefficient (Wildman–Crippen LogP) is 2.61. The Morgan fingerprint density at radius 3 is 2.57 bits per heavy atom. The van der Waals surface area contributed by atoms with Crippen molar-refractivity contribution in [2.75, 3.05) is 6.54 Å². The number of aromatic nitrogens is 4. The molecule has 0 saturated heterocycles. The lowest BCUT2D eigenvalue weighted by Crippen LogP contribution is -2.19. The van der Waals surface area contributed by atoms with Gasteiger partial charge in [-0.05, 0) is 26.0 Å². The summed E-state index contributed by atoms with van der Waals surface area (Å²) in [4.78, 5) is 13.1. The van der Waals surface area contributed by atoms with Crippen molar-refractivity contribution in [3.05, 3.63) is 71.8 Å². The highest BCUT2D eigenvalue weighted by Gasteiger charge is 2.08. The lowest BCUT2D eigenvalue weighted by atomic mass is 10.2. The van der Waals surface area contributed by atoms with E-state index in [2.05, 4.69) is 37.0 Å². The van der Waals surface area contributed by atoms with Gasteiger partial charge in [-0.2, -0.15) is 0 Å². The molecule has 0 unspecified atom stereocenters. The second kappa shape index (κ2) is 7.15. The van der Waals surface area contributed by atoms with E-state index in [4.69, 9.17) is 0 Å². The Hall–Kier alpha value is -2.53. The van der Waals surface area contributed by atoms with Gasteiger partial charge in [0.05, 0.1) is 23.3 Å². The summed E-state index contributed by atoms with van der Waals surface area (Å²) in [5.74, 6) is 0.998. The van der Waals surface area contributed by atoms with E-state index >= 15 is 0 Å². The average Bonchev–Trinajstić information content (AvgIpc) is 2.94. The van der Waals surface area contributed by atoms with E-state index in [0.717, 1.165) is 48.1 Å². The highest BCUT2D eigenvalue weighted by molar-refractivity contribution is 5.35. The van der Waals surface area contributed by atoms with E-state index in [-0.39, 0.29) is 0 Å². The molecule has 3 rings (SSSR count). The molecule has 5 heteroatoms. The van der Waals surface area contributed by atoms with Gasteiger partial charge >= 0.3 is 0 Å². The topological polar surface area (TPSA) is 55.6 Å². The Morgan fingerprint density at radius 2 is 1.78 bits per heavy atom. The van der Waals surface area contributed by atoms with Gasteiger partial charge in [0, 0.05) is 37.6 Å². The van der Waals surface area contributed by atoms with Crippen LogP contribution >= 0.6 is 0 Å². The van der Waals surface area contributed by atoms with E-state index in [9.17, 15) is 0 Å². The zero-order valence-electron chi connectivity index (χ0n) is 13.5. The van der Waals surface area contributed by atoms with Crippen molar-refractivity contribution < 1.29 is 0 Å². The summed E-state index contributed by atoms with van der Waals surface area (Å²) in [7, 11) is 0. The Kier molecular flexibility index (Phi) is 4.78. The van der Waals surface area contributed by atoms with Crippen LogP contribution in [-0.4, -0.2) is 26.1 Å². The van der Waals surface area contributed by atoms with Gasteiger partial charge < -0.3 is 5.32 Å². The van der Waals surface area contributed by atoms with Gasteiger partial charge in [-0.15, -0.1) is 0 Å². The van der Waals surface area contributed by atoms with Gasteiger partial charge in [-0.25, -0.2) is 4.98 Å². The molecule has 0 aliphatic carbocycles. The molecule has 0 amide bonds. The fourth-order valence-corrected chi connectivity index (χ4v) is 2.65. The van der Waals surface area contributed by atoms with Crippen molar-refractivity contribution in [3.63, 3.8) is 0 Å². The van der Waals surface area contributed by atoms with Gasteiger partial charge in [0.1, 0.15) is 5.82 Å². The molecule has 0 atom stereocenters. The minimum Gasteiger partial charge on any atom is -0.311 e. The van der Waals surface area contributed by atoms with Crippen LogP contribution < -0.4 is 5.32 Å². The quantitative estimate of drug-likeness (QED) is 0.711. The van der Waals surface area contributed by atoms with Gasteiger partial charge in [-0.3, -0.25) is 14.5 Å². The van der Waals surface area contributed by atoms with Crippen LogP contribution in [0.1, 0.15) is 22.9 Å². The lowest BCUT2D eigenvalue weighted by Gasteiger charge is -2.11. The third-order valence-corrected chi connectivity index (χ3v) is 3.85. The summed E-state index contributed by atoms with van der Waals surface area (Å²) in [6, 6.07) is 10.3.